The number of pyridine rings is 1. The van der Waals surface area contributed by atoms with Crippen molar-refractivity contribution >= 4 is 48.5 Å². The molecule has 2 aromatic rings. The highest BCUT2D eigenvalue weighted by Crippen LogP contribution is 2.36. The van der Waals surface area contributed by atoms with Gasteiger partial charge in [-0.05, 0) is 46.0 Å². The summed E-state index contributed by atoms with van der Waals surface area (Å²) in [5, 5.41) is 0.994. The molecule has 0 unspecified atom stereocenters. The van der Waals surface area contributed by atoms with E-state index in [2.05, 4.69) is 45.7 Å². The van der Waals surface area contributed by atoms with Crippen LogP contribution in [0, 0.1) is 5.41 Å². The Morgan fingerprint density at radius 2 is 1.89 bits per heavy atom. The highest BCUT2D eigenvalue weighted by molar-refractivity contribution is 9.11. The number of ketones is 1. The van der Waals surface area contributed by atoms with E-state index in [-0.39, 0.29) is 11.2 Å². The van der Waals surface area contributed by atoms with Crippen LogP contribution >= 0.6 is 31.9 Å². The van der Waals surface area contributed by atoms with Gasteiger partial charge in [0.1, 0.15) is 0 Å². The second-order valence-corrected chi connectivity index (χ2v) is 7.65. The summed E-state index contributed by atoms with van der Waals surface area (Å²) in [4.78, 5) is 17.0. The van der Waals surface area contributed by atoms with E-state index in [0.29, 0.717) is 6.42 Å². The first-order chi connectivity index (χ1) is 8.85. The Morgan fingerprint density at radius 1 is 1.16 bits per heavy atom. The summed E-state index contributed by atoms with van der Waals surface area (Å²) in [7, 11) is 0. The highest BCUT2D eigenvalue weighted by Gasteiger charge is 2.32. The van der Waals surface area contributed by atoms with E-state index in [1.165, 1.54) is 0 Å². The van der Waals surface area contributed by atoms with Crippen molar-refractivity contribution in [2.75, 3.05) is 0 Å². The third kappa shape index (κ3) is 2.36. The topological polar surface area (TPSA) is 30.0 Å². The third-order valence-electron chi connectivity index (χ3n) is 3.50. The van der Waals surface area contributed by atoms with E-state index in [1.54, 1.807) is 0 Å². The van der Waals surface area contributed by atoms with Gasteiger partial charge in [-0.15, -0.1) is 0 Å². The Bertz CT molecular complexity index is 707. The van der Waals surface area contributed by atoms with Gasteiger partial charge in [0, 0.05) is 26.3 Å². The molecule has 0 bridgehead atoms. The maximum Gasteiger partial charge on any atom is 0.165 e. The lowest BCUT2D eigenvalue weighted by molar-refractivity contribution is 0.0910. The molecule has 19 heavy (non-hydrogen) atoms. The number of halogens is 2. The average Bonchev–Trinajstić information content (AvgIpc) is 2.26. The maximum atomic E-state index is 12.3. The molecule has 0 spiro atoms. The van der Waals surface area contributed by atoms with Gasteiger partial charge in [-0.3, -0.25) is 9.78 Å². The van der Waals surface area contributed by atoms with Crippen molar-refractivity contribution in [3.63, 3.8) is 0 Å². The van der Waals surface area contributed by atoms with Crippen LogP contribution in [0.3, 0.4) is 0 Å². The molecule has 0 aliphatic heterocycles. The predicted octanol–water partition coefficient (Wildman–Crippen LogP) is 4.91. The number of rotatable bonds is 0. The predicted molar refractivity (Wildman–Crippen MR) is 83.6 cm³/mol. The van der Waals surface area contributed by atoms with E-state index in [9.17, 15) is 4.79 Å². The van der Waals surface area contributed by atoms with Crippen LogP contribution in [0.4, 0.5) is 0 Å². The fourth-order valence-corrected chi connectivity index (χ4v) is 4.02. The molecule has 0 saturated heterocycles. The fraction of sp³-hybridized carbons (Fsp3) is 0.333. The second-order valence-electron chi connectivity index (χ2n) is 5.88. The average molecular weight is 383 g/mol. The largest absolute Gasteiger partial charge is 0.294 e. The Kier molecular flexibility index (Phi) is 3.06. The molecule has 0 amide bonds. The molecular weight excluding hydrogens is 370 g/mol. The van der Waals surface area contributed by atoms with Crippen molar-refractivity contribution in [2.45, 2.75) is 26.7 Å². The standard InChI is InChI=1S/C15H13Br2NO/c1-15(2)6-12-10(13(19)7-15)4-8-3-9(16)5-11(17)14(8)18-12/h3-5H,6-7H2,1-2H3. The lowest BCUT2D eigenvalue weighted by atomic mass is 9.75. The molecule has 98 valence electrons. The monoisotopic (exact) mass is 381 g/mol. The van der Waals surface area contributed by atoms with Crippen LogP contribution in [0.5, 0.6) is 0 Å². The first-order valence-corrected chi connectivity index (χ1v) is 7.76. The Morgan fingerprint density at radius 3 is 2.63 bits per heavy atom. The molecule has 0 N–H and O–H groups in total. The first-order valence-electron chi connectivity index (χ1n) is 6.18. The van der Waals surface area contributed by atoms with Gasteiger partial charge < -0.3 is 0 Å². The molecule has 0 fully saturated rings. The van der Waals surface area contributed by atoms with Crippen LogP contribution in [-0.2, 0) is 6.42 Å². The first kappa shape index (κ1) is 13.3. The maximum absolute atomic E-state index is 12.3. The molecule has 1 aliphatic carbocycles. The number of hydrogen-bond acceptors (Lipinski definition) is 2. The van der Waals surface area contributed by atoms with Gasteiger partial charge >= 0.3 is 0 Å². The minimum absolute atomic E-state index is 0.00655. The molecule has 3 rings (SSSR count). The van der Waals surface area contributed by atoms with E-state index in [4.69, 9.17) is 4.98 Å². The van der Waals surface area contributed by atoms with Crippen molar-refractivity contribution in [3.8, 4) is 0 Å². The zero-order chi connectivity index (χ0) is 13.8. The van der Waals surface area contributed by atoms with Crippen molar-refractivity contribution in [2.24, 2.45) is 5.41 Å². The quantitative estimate of drug-likeness (QED) is 0.647. The summed E-state index contributed by atoms with van der Waals surface area (Å²) < 4.78 is 1.94. The van der Waals surface area contributed by atoms with Gasteiger partial charge in [0.05, 0.1) is 11.2 Å². The molecule has 4 heteroatoms. The van der Waals surface area contributed by atoms with Crippen LogP contribution in [0.1, 0.15) is 36.3 Å². The summed E-state index contributed by atoms with van der Waals surface area (Å²) in [6, 6.07) is 5.96. The minimum Gasteiger partial charge on any atom is -0.294 e. The number of benzene rings is 1. The summed E-state index contributed by atoms with van der Waals surface area (Å²) in [6.45, 7) is 4.24. The van der Waals surface area contributed by atoms with E-state index in [0.717, 1.165) is 37.5 Å². The van der Waals surface area contributed by atoms with Crippen molar-refractivity contribution in [1.82, 2.24) is 4.98 Å². The summed E-state index contributed by atoms with van der Waals surface area (Å²) in [5.74, 6) is 0.205. The molecule has 1 aliphatic rings. The molecule has 1 heterocycles. The number of carbonyl (C=O) groups is 1. The number of Topliss-reactive ketones (excluding diaryl/α,β-unsaturated/α-hetero) is 1. The fourth-order valence-electron chi connectivity index (χ4n) is 2.67. The zero-order valence-corrected chi connectivity index (χ0v) is 13.9. The summed E-state index contributed by atoms with van der Waals surface area (Å²) in [5.41, 5.74) is 2.65. The van der Waals surface area contributed by atoms with Gasteiger partial charge in [-0.1, -0.05) is 29.8 Å². The van der Waals surface area contributed by atoms with Crippen LogP contribution in [-0.4, -0.2) is 10.8 Å². The summed E-state index contributed by atoms with van der Waals surface area (Å²) >= 11 is 7.01. The molecule has 0 saturated carbocycles. The van der Waals surface area contributed by atoms with Crippen molar-refractivity contribution < 1.29 is 4.79 Å². The lowest BCUT2D eigenvalue weighted by Crippen LogP contribution is -2.27. The number of hydrogen-bond donors (Lipinski definition) is 0. The van der Waals surface area contributed by atoms with E-state index in [1.807, 2.05) is 18.2 Å². The number of nitrogens with zero attached hydrogens (tertiary/aromatic N) is 1. The lowest BCUT2D eigenvalue weighted by Gasteiger charge is -2.29. The third-order valence-corrected chi connectivity index (χ3v) is 4.56. The second kappa shape index (κ2) is 4.38. The van der Waals surface area contributed by atoms with Crippen LogP contribution in [0.25, 0.3) is 10.9 Å². The van der Waals surface area contributed by atoms with Crippen LogP contribution < -0.4 is 0 Å². The van der Waals surface area contributed by atoms with Crippen molar-refractivity contribution in [3.05, 3.63) is 38.4 Å². The Labute approximate surface area is 128 Å². The van der Waals surface area contributed by atoms with E-state index < -0.39 is 0 Å². The number of carbonyl (C=O) groups excluding carboxylic acids is 1. The molecule has 1 aromatic heterocycles. The van der Waals surface area contributed by atoms with Gasteiger partial charge in [0.25, 0.3) is 0 Å². The smallest absolute Gasteiger partial charge is 0.165 e. The molecule has 1 aromatic carbocycles. The van der Waals surface area contributed by atoms with Gasteiger partial charge in [-0.2, -0.15) is 0 Å². The number of aromatic nitrogens is 1. The van der Waals surface area contributed by atoms with Crippen molar-refractivity contribution in [1.29, 1.82) is 0 Å². The SMILES string of the molecule is CC1(C)CC(=O)c2cc3cc(Br)cc(Br)c3nc2C1. The summed E-state index contributed by atoms with van der Waals surface area (Å²) in [6.07, 6.45) is 1.45. The van der Waals surface area contributed by atoms with Crippen LogP contribution in [0.2, 0.25) is 0 Å². The molecule has 0 radical (unpaired) electrons. The minimum atomic E-state index is 0.00655. The number of fused-ring (bicyclic) bond motifs is 2. The molecule has 0 atom stereocenters. The van der Waals surface area contributed by atoms with Gasteiger partial charge in [-0.25, -0.2) is 0 Å². The Hall–Kier alpha value is -0.740. The normalized spacial score (nSPS) is 17.6. The molecule has 2 nitrogen and oxygen atoms in total. The van der Waals surface area contributed by atoms with Crippen LogP contribution in [0.15, 0.2) is 27.1 Å². The highest BCUT2D eigenvalue weighted by atomic mass is 79.9. The van der Waals surface area contributed by atoms with Gasteiger partial charge in [0.15, 0.2) is 5.78 Å². The van der Waals surface area contributed by atoms with Gasteiger partial charge in [0.2, 0.25) is 0 Å². The zero-order valence-electron chi connectivity index (χ0n) is 10.8. The molecular formula is C15H13Br2NO. The Balaban J connectivity index is 2.29. The van der Waals surface area contributed by atoms with E-state index >= 15 is 0 Å².